The van der Waals surface area contributed by atoms with Gasteiger partial charge in [-0.3, -0.25) is 0 Å². The molecule has 0 aromatic heterocycles. The highest BCUT2D eigenvalue weighted by molar-refractivity contribution is 5.67. The Balaban J connectivity index is 2.48. The van der Waals surface area contributed by atoms with Crippen molar-refractivity contribution in [3.8, 4) is 0 Å². The van der Waals surface area contributed by atoms with Crippen molar-refractivity contribution in [3.05, 3.63) is 35.4 Å². The molecular formula is C15H22O3. The summed E-state index contributed by atoms with van der Waals surface area (Å²) >= 11 is 0. The normalized spacial score (nSPS) is 11.5. The molecule has 0 saturated carbocycles. The molecule has 0 unspecified atom stereocenters. The van der Waals surface area contributed by atoms with Gasteiger partial charge in [-0.05, 0) is 29.4 Å². The van der Waals surface area contributed by atoms with Gasteiger partial charge < -0.3 is 9.84 Å². The van der Waals surface area contributed by atoms with E-state index in [1.807, 2.05) is 0 Å². The summed E-state index contributed by atoms with van der Waals surface area (Å²) in [7, 11) is 0. The lowest BCUT2D eigenvalue weighted by Crippen LogP contribution is -2.15. The largest absolute Gasteiger partial charge is 0.480 e. The summed E-state index contributed by atoms with van der Waals surface area (Å²) in [6.07, 6.45) is 1.86. The Morgan fingerprint density at radius 1 is 1.28 bits per heavy atom. The summed E-state index contributed by atoms with van der Waals surface area (Å²) in [5, 5.41) is 8.44. The maximum absolute atomic E-state index is 10.3. The Morgan fingerprint density at radius 3 is 2.39 bits per heavy atom. The van der Waals surface area contributed by atoms with E-state index in [1.165, 1.54) is 11.1 Å². The summed E-state index contributed by atoms with van der Waals surface area (Å²) in [6.45, 7) is 6.88. The number of carbonyl (C=O) groups is 1. The summed E-state index contributed by atoms with van der Waals surface area (Å²) in [4.78, 5) is 10.3. The van der Waals surface area contributed by atoms with E-state index in [-0.39, 0.29) is 12.0 Å². The van der Waals surface area contributed by atoms with Crippen LogP contribution in [0, 0.1) is 0 Å². The fourth-order valence-corrected chi connectivity index (χ4v) is 1.68. The number of ether oxygens (including phenoxy) is 1. The molecule has 0 saturated heterocycles. The van der Waals surface area contributed by atoms with Gasteiger partial charge in [0.05, 0.1) is 6.61 Å². The Labute approximate surface area is 109 Å². The van der Waals surface area contributed by atoms with Crippen LogP contribution in [0.3, 0.4) is 0 Å². The van der Waals surface area contributed by atoms with E-state index in [4.69, 9.17) is 9.84 Å². The molecule has 0 heterocycles. The molecule has 0 aliphatic heterocycles. The monoisotopic (exact) mass is 250 g/mol. The molecule has 1 aromatic rings. The minimum Gasteiger partial charge on any atom is -0.480 e. The predicted molar refractivity (Wildman–Crippen MR) is 71.9 cm³/mol. The van der Waals surface area contributed by atoms with Gasteiger partial charge in [0.25, 0.3) is 0 Å². The second-order valence-electron chi connectivity index (χ2n) is 5.13. The third-order valence-electron chi connectivity index (χ3n) is 3.38. The van der Waals surface area contributed by atoms with Crippen LogP contribution in [0.4, 0.5) is 0 Å². The van der Waals surface area contributed by atoms with Crippen molar-refractivity contribution in [1.82, 2.24) is 0 Å². The zero-order valence-electron chi connectivity index (χ0n) is 11.4. The van der Waals surface area contributed by atoms with E-state index in [1.54, 1.807) is 0 Å². The quantitative estimate of drug-likeness (QED) is 0.757. The van der Waals surface area contributed by atoms with Crippen LogP contribution in [0.1, 0.15) is 38.3 Å². The van der Waals surface area contributed by atoms with Gasteiger partial charge in [0.2, 0.25) is 0 Å². The van der Waals surface area contributed by atoms with Gasteiger partial charge in [-0.1, -0.05) is 45.0 Å². The molecule has 1 N–H and O–H groups in total. The molecule has 0 fully saturated rings. The maximum Gasteiger partial charge on any atom is 0.329 e. The van der Waals surface area contributed by atoms with Gasteiger partial charge in [-0.15, -0.1) is 0 Å². The highest BCUT2D eigenvalue weighted by atomic mass is 16.5. The minimum atomic E-state index is -0.921. The number of aliphatic carboxylic acids is 1. The number of rotatable bonds is 7. The molecule has 0 aliphatic carbocycles. The predicted octanol–water partition coefficient (Wildman–Crippen LogP) is 3.02. The highest BCUT2D eigenvalue weighted by Gasteiger charge is 2.17. The highest BCUT2D eigenvalue weighted by Crippen LogP contribution is 2.26. The number of carboxylic acids is 1. The van der Waals surface area contributed by atoms with Crippen LogP contribution in [-0.2, 0) is 21.4 Å². The van der Waals surface area contributed by atoms with E-state index in [9.17, 15) is 4.79 Å². The molecule has 3 nitrogen and oxygen atoms in total. The number of benzene rings is 1. The van der Waals surface area contributed by atoms with Crippen LogP contribution >= 0.6 is 0 Å². The molecule has 1 aromatic carbocycles. The lowest BCUT2D eigenvalue weighted by atomic mass is 9.82. The molecule has 3 heteroatoms. The van der Waals surface area contributed by atoms with Gasteiger partial charge in [0.15, 0.2) is 0 Å². The molecule has 1 rings (SSSR count). The summed E-state index contributed by atoms with van der Waals surface area (Å²) < 4.78 is 5.02. The average Bonchev–Trinajstić information content (AvgIpc) is 2.35. The van der Waals surface area contributed by atoms with E-state index in [2.05, 4.69) is 45.0 Å². The van der Waals surface area contributed by atoms with E-state index < -0.39 is 5.97 Å². The van der Waals surface area contributed by atoms with Crippen LogP contribution in [0.15, 0.2) is 24.3 Å². The van der Waals surface area contributed by atoms with Crippen molar-refractivity contribution < 1.29 is 14.6 Å². The third-order valence-corrected chi connectivity index (χ3v) is 3.38. The van der Waals surface area contributed by atoms with Crippen molar-refractivity contribution in [2.24, 2.45) is 0 Å². The van der Waals surface area contributed by atoms with Crippen LogP contribution in [0.2, 0.25) is 0 Å². The van der Waals surface area contributed by atoms with Crippen LogP contribution < -0.4 is 0 Å². The van der Waals surface area contributed by atoms with Gasteiger partial charge >= 0.3 is 5.97 Å². The topological polar surface area (TPSA) is 46.5 Å². The zero-order valence-corrected chi connectivity index (χ0v) is 11.4. The number of hydrogen-bond acceptors (Lipinski definition) is 2. The van der Waals surface area contributed by atoms with Crippen molar-refractivity contribution in [3.63, 3.8) is 0 Å². The SMILES string of the molecule is CCC(C)(C)c1ccc(CCOCC(=O)O)cc1. The maximum atomic E-state index is 10.3. The first-order valence-corrected chi connectivity index (χ1v) is 6.34. The first-order chi connectivity index (χ1) is 8.45. The minimum absolute atomic E-state index is 0.207. The molecule has 0 atom stereocenters. The smallest absolute Gasteiger partial charge is 0.329 e. The Morgan fingerprint density at radius 2 is 1.89 bits per heavy atom. The van der Waals surface area contributed by atoms with Crippen LogP contribution in [-0.4, -0.2) is 24.3 Å². The Bertz CT molecular complexity index is 379. The Kier molecular flexibility index (Phi) is 5.35. The third kappa shape index (κ3) is 4.49. The molecule has 0 bridgehead atoms. The van der Waals surface area contributed by atoms with Crippen LogP contribution in [0.25, 0.3) is 0 Å². The van der Waals surface area contributed by atoms with Crippen molar-refractivity contribution in [2.75, 3.05) is 13.2 Å². The summed E-state index contributed by atoms with van der Waals surface area (Å²) in [5.41, 5.74) is 2.72. The van der Waals surface area contributed by atoms with Crippen molar-refractivity contribution in [2.45, 2.75) is 39.0 Å². The first kappa shape index (κ1) is 14.7. The van der Waals surface area contributed by atoms with Gasteiger partial charge in [0.1, 0.15) is 6.61 Å². The van der Waals surface area contributed by atoms with Crippen molar-refractivity contribution >= 4 is 5.97 Å². The lowest BCUT2D eigenvalue weighted by molar-refractivity contribution is -0.142. The molecular weight excluding hydrogens is 228 g/mol. The molecule has 0 aliphatic rings. The fraction of sp³-hybridized carbons (Fsp3) is 0.533. The van der Waals surface area contributed by atoms with Crippen LogP contribution in [0.5, 0.6) is 0 Å². The fourth-order valence-electron chi connectivity index (χ4n) is 1.68. The number of carboxylic acid groups (broad SMARTS) is 1. The first-order valence-electron chi connectivity index (χ1n) is 6.34. The summed E-state index contributed by atoms with van der Waals surface area (Å²) in [5.74, 6) is -0.921. The van der Waals surface area contributed by atoms with Crippen molar-refractivity contribution in [1.29, 1.82) is 0 Å². The van der Waals surface area contributed by atoms with Gasteiger partial charge in [-0.2, -0.15) is 0 Å². The van der Waals surface area contributed by atoms with E-state index >= 15 is 0 Å². The molecule has 0 spiro atoms. The summed E-state index contributed by atoms with van der Waals surface area (Å²) in [6, 6.07) is 8.49. The van der Waals surface area contributed by atoms with Gasteiger partial charge in [0, 0.05) is 0 Å². The average molecular weight is 250 g/mol. The van der Waals surface area contributed by atoms with E-state index in [0.29, 0.717) is 6.61 Å². The second-order valence-corrected chi connectivity index (χ2v) is 5.13. The molecule has 0 radical (unpaired) electrons. The Hall–Kier alpha value is -1.35. The lowest BCUT2D eigenvalue weighted by Gasteiger charge is -2.23. The van der Waals surface area contributed by atoms with Gasteiger partial charge in [-0.25, -0.2) is 4.79 Å². The molecule has 18 heavy (non-hydrogen) atoms. The standard InChI is InChI=1S/C15H22O3/c1-4-15(2,3)13-7-5-12(6-8-13)9-10-18-11-14(16)17/h5-8H,4,9-11H2,1-3H3,(H,16,17). The second kappa shape index (κ2) is 6.55. The zero-order chi connectivity index (χ0) is 13.6. The number of hydrogen-bond donors (Lipinski definition) is 1. The molecule has 0 amide bonds. The van der Waals surface area contributed by atoms with E-state index in [0.717, 1.165) is 12.8 Å². The molecule has 100 valence electrons.